The SMILES string of the molecule is CCOC(=O)c1nc(Cl)nc(N(C)C(C)C(=O)OC(C)(C)C)c1[N+](=O)[O-]. The molecule has 11 heteroatoms. The first-order chi connectivity index (χ1) is 11.9. The van der Waals surface area contributed by atoms with Crippen molar-refractivity contribution in [2.75, 3.05) is 18.6 Å². The number of hydrogen-bond acceptors (Lipinski definition) is 9. The number of nitro groups is 1. The van der Waals surface area contributed by atoms with Crippen molar-refractivity contribution in [1.82, 2.24) is 9.97 Å². The van der Waals surface area contributed by atoms with Crippen LogP contribution in [0, 0.1) is 10.1 Å². The number of carbonyl (C=O) groups is 2. The van der Waals surface area contributed by atoms with Crippen LogP contribution >= 0.6 is 11.6 Å². The van der Waals surface area contributed by atoms with Crippen LogP contribution in [-0.4, -0.2) is 52.1 Å². The van der Waals surface area contributed by atoms with Crippen LogP contribution in [0.5, 0.6) is 0 Å². The van der Waals surface area contributed by atoms with E-state index < -0.39 is 45.2 Å². The van der Waals surface area contributed by atoms with Crippen LogP contribution in [-0.2, 0) is 14.3 Å². The Kier molecular flexibility index (Phi) is 6.85. The van der Waals surface area contributed by atoms with E-state index >= 15 is 0 Å². The molecular weight excluding hydrogens is 368 g/mol. The fourth-order valence-corrected chi connectivity index (χ4v) is 2.07. The molecule has 0 N–H and O–H groups in total. The molecule has 1 unspecified atom stereocenters. The van der Waals surface area contributed by atoms with Crippen molar-refractivity contribution in [1.29, 1.82) is 0 Å². The molecule has 0 radical (unpaired) electrons. The van der Waals surface area contributed by atoms with Gasteiger partial charge in [0.05, 0.1) is 11.5 Å². The minimum Gasteiger partial charge on any atom is -0.461 e. The van der Waals surface area contributed by atoms with Crippen molar-refractivity contribution in [3.63, 3.8) is 0 Å². The molecule has 0 amide bonds. The predicted molar refractivity (Wildman–Crippen MR) is 93.4 cm³/mol. The van der Waals surface area contributed by atoms with Gasteiger partial charge >= 0.3 is 17.6 Å². The molecule has 0 aliphatic heterocycles. The highest BCUT2D eigenvalue weighted by atomic mass is 35.5. The Balaban J connectivity index is 3.40. The number of hydrogen-bond donors (Lipinski definition) is 0. The van der Waals surface area contributed by atoms with E-state index in [9.17, 15) is 19.7 Å². The highest BCUT2D eigenvalue weighted by Crippen LogP contribution is 2.31. The van der Waals surface area contributed by atoms with Crippen LogP contribution in [0.3, 0.4) is 0 Å². The lowest BCUT2D eigenvalue weighted by molar-refractivity contribution is -0.385. The largest absolute Gasteiger partial charge is 0.461 e. The molecule has 1 heterocycles. The second-order valence-corrected chi connectivity index (χ2v) is 6.65. The third-order valence-electron chi connectivity index (χ3n) is 3.15. The molecule has 0 aromatic carbocycles. The Morgan fingerprint density at radius 1 is 1.35 bits per heavy atom. The van der Waals surface area contributed by atoms with Crippen molar-refractivity contribution in [3.05, 3.63) is 21.1 Å². The minimum absolute atomic E-state index is 0.00288. The number of esters is 2. The molecule has 26 heavy (non-hydrogen) atoms. The summed E-state index contributed by atoms with van der Waals surface area (Å²) in [6, 6.07) is -0.936. The molecule has 1 rings (SSSR count). The van der Waals surface area contributed by atoms with Crippen LogP contribution in [0.15, 0.2) is 0 Å². The van der Waals surface area contributed by atoms with Crippen LogP contribution in [0.4, 0.5) is 11.5 Å². The van der Waals surface area contributed by atoms with E-state index in [0.29, 0.717) is 0 Å². The Morgan fingerprint density at radius 2 is 1.92 bits per heavy atom. The van der Waals surface area contributed by atoms with E-state index in [-0.39, 0.29) is 12.4 Å². The van der Waals surface area contributed by atoms with E-state index in [1.54, 1.807) is 27.7 Å². The molecule has 0 fully saturated rings. The predicted octanol–water partition coefficient (Wildman–Crippen LogP) is 2.38. The van der Waals surface area contributed by atoms with Gasteiger partial charge < -0.3 is 14.4 Å². The van der Waals surface area contributed by atoms with Crippen LogP contribution in [0.1, 0.15) is 45.1 Å². The maximum atomic E-state index is 12.3. The lowest BCUT2D eigenvalue weighted by Crippen LogP contribution is -2.41. The number of nitrogens with zero attached hydrogens (tertiary/aromatic N) is 4. The van der Waals surface area contributed by atoms with Gasteiger partial charge in [0.25, 0.3) is 0 Å². The maximum Gasteiger partial charge on any atom is 0.364 e. The normalized spacial score (nSPS) is 12.3. The molecule has 0 spiro atoms. The van der Waals surface area contributed by atoms with Crippen molar-refractivity contribution >= 4 is 35.0 Å². The highest BCUT2D eigenvalue weighted by Gasteiger charge is 2.35. The van der Waals surface area contributed by atoms with Crippen LogP contribution in [0.2, 0.25) is 5.28 Å². The Bertz CT molecular complexity index is 719. The van der Waals surface area contributed by atoms with E-state index in [1.165, 1.54) is 18.9 Å². The minimum atomic E-state index is -1.01. The van der Waals surface area contributed by atoms with Crippen LogP contribution in [0.25, 0.3) is 0 Å². The van der Waals surface area contributed by atoms with Gasteiger partial charge in [0.15, 0.2) is 0 Å². The topological polar surface area (TPSA) is 125 Å². The zero-order valence-electron chi connectivity index (χ0n) is 15.4. The number of halogens is 1. The average Bonchev–Trinajstić information content (AvgIpc) is 2.50. The summed E-state index contributed by atoms with van der Waals surface area (Å²) in [5.41, 5.74) is -2.03. The van der Waals surface area contributed by atoms with Gasteiger partial charge in [-0.1, -0.05) is 0 Å². The van der Waals surface area contributed by atoms with Gasteiger partial charge in [-0.05, 0) is 46.2 Å². The molecule has 1 aromatic rings. The monoisotopic (exact) mass is 388 g/mol. The van der Waals surface area contributed by atoms with Gasteiger partial charge in [0.1, 0.15) is 11.6 Å². The summed E-state index contributed by atoms with van der Waals surface area (Å²) in [6.45, 7) is 8.11. The average molecular weight is 389 g/mol. The molecule has 0 aliphatic carbocycles. The third kappa shape index (κ3) is 5.25. The molecule has 0 saturated heterocycles. The Morgan fingerprint density at radius 3 is 2.38 bits per heavy atom. The summed E-state index contributed by atoms with van der Waals surface area (Å²) in [6.07, 6.45) is 0. The molecule has 0 bridgehead atoms. The zero-order valence-corrected chi connectivity index (χ0v) is 16.2. The van der Waals surface area contributed by atoms with Crippen molar-refractivity contribution in [3.8, 4) is 0 Å². The summed E-state index contributed by atoms with van der Waals surface area (Å²) in [5.74, 6) is -1.93. The van der Waals surface area contributed by atoms with Crippen molar-refractivity contribution in [2.24, 2.45) is 0 Å². The van der Waals surface area contributed by atoms with E-state index in [4.69, 9.17) is 21.1 Å². The van der Waals surface area contributed by atoms with Crippen molar-refractivity contribution in [2.45, 2.75) is 46.3 Å². The second-order valence-electron chi connectivity index (χ2n) is 6.31. The summed E-state index contributed by atoms with van der Waals surface area (Å²) in [7, 11) is 1.40. The molecule has 144 valence electrons. The summed E-state index contributed by atoms with van der Waals surface area (Å²) in [5, 5.41) is 11.1. The van der Waals surface area contributed by atoms with Gasteiger partial charge in [-0.15, -0.1) is 0 Å². The van der Waals surface area contributed by atoms with Gasteiger partial charge in [-0.3, -0.25) is 10.1 Å². The zero-order chi connectivity index (χ0) is 20.2. The third-order valence-corrected chi connectivity index (χ3v) is 3.32. The molecular formula is C15H21ClN4O6. The summed E-state index contributed by atoms with van der Waals surface area (Å²) >= 11 is 5.81. The Hall–Kier alpha value is -2.49. The summed E-state index contributed by atoms with van der Waals surface area (Å²) < 4.78 is 10.1. The molecule has 10 nitrogen and oxygen atoms in total. The number of rotatable bonds is 6. The number of likely N-dealkylation sites (N-methyl/N-ethyl adjacent to an activating group) is 1. The first kappa shape index (κ1) is 21.6. The summed E-state index contributed by atoms with van der Waals surface area (Å²) in [4.78, 5) is 43.6. The number of ether oxygens (including phenoxy) is 2. The molecule has 0 aliphatic rings. The fraction of sp³-hybridized carbons (Fsp3) is 0.600. The Labute approximate surface area is 155 Å². The first-order valence-electron chi connectivity index (χ1n) is 7.73. The lowest BCUT2D eigenvalue weighted by Gasteiger charge is -2.28. The molecule has 1 atom stereocenters. The number of carbonyl (C=O) groups excluding carboxylic acids is 2. The van der Waals surface area contributed by atoms with Gasteiger partial charge in [0.2, 0.25) is 16.8 Å². The van der Waals surface area contributed by atoms with Crippen molar-refractivity contribution < 1.29 is 24.0 Å². The molecule has 0 saturated carbocycles. The molecule has 1 aromatic heterocycles. The van der Waals surface area contributed by atoms with Gasteiger partial charge in [-0.25, -0.2) is 14.6 Å². The first-order valence-corrected chi connectivity index (χ1v) is 8.11. The lowest BCUT2D eigenvalue weighted by atomic mass is 10.2. The number of anilines is 1. The van der Waals surface area contributed by atoms with Gasteiger partial charge in [0, 0.05) is 7.05 Å². The van der Waals surface area contributed by atoms with Gasteiger partial charge in [-0.2, -0.15) is 4.98 Å². The second kappa shape index (κ2) is 8.26. The van der Waals surface area contributed by atoms with E-state index in [0.717, 1.165) is 0 Å². The van der Waals surface area contributed by atoms with E-state index in [1.807, 2.05) is 0 Å². The maximum absolute atomic E-state index is 12.3. The van der Waals surface area contributed by atoms with E-state index in [2.05, 4.69) is 9.97 Å². The quantitative estimate of drug-likeness (QED) is 0.312. The number of aromatic nitrogens is 2. The fourth-order valence-electron chi connectivity index (χ4n) is 1.90. The highest BCUT2D eigenvalue weighted by molar-refractivity contribution is 6.28. The van der Waals surface area contributed by atoms with Crippen LogP contribution < -0.4 is 4.90 Å². The standard InChI is InChI=1S/C15H21ClN4O6/c1-7-25-13(22)9-10(20(23)24)11(18-14(16)17-9)19(6)8(2)12(21)26-15(3,4)5/h8H,7H2,1-6H3. The smallest absolute Gasteiger partial charge is 0.364 e.